The van der Waals surface area contributed by atoms with E-state index >= 15 is 0 Å². The van der Waals surface area contributed by atoms with E-state index in [-0.39, 0.29) is 112 Å². The molecular formula is C91H66Ir5N6O2S-6. The Bertz CT molecular complexity index is 5040. The summed E-state index contributed by atoms with van der Waals surface area (Å²) in [6, 6.07) is 124. The molecule has 8 nitrogen and oxygen atoms in total. The van der Waals surface area contributed by atoms with Crippen LogP contribution in [0.25, 0.3) is 120 Å². The smallest absolute Gasteiger partial charge is 0.155 e. The van der Waals surface area contributed by atoms with E-state index in [0.29, 0.717) is 0 Å². The molecule has 7 heterocycles. The summed E-state index contributed by atoms with van der Waals surface area (Å²) in [5.74, 6) is -0.0625. The summed E-state index contributed by atoms with van der Waals surface area (Å²) in [5, 5.41) is 16.7. The quantitative estimate of drug-likeness (QED) is 0.0909. The molecule has 14 heteroatoms. The molecule has 529 valence electrons. The van der Waals surface area contributed by atoms with Gasteiger partial charge in [0.2, 0.25) is 0 Å². The molecule has 7 aromatic heterocycles. The summed E-state index contributed by atoms with van der Waals surface area (Å²) >= 11 is 1.73. The van der Waals surface area contributed by atoms with Crippen LogP contribution in [0.15, 0.2) is 364 Å². The van der Waals surface area contributed by atoms with Gasteiger partial charge in [0.25, 0.3) is 0 Å². The average Bonchev–Trinajstić information content (AvgIpc) is 1.42. The van der Waals surface area contributed by atoms with Crippen molar-refractivity contribution < 1.29 is 110 Å². The molecule has 0 unspecified atom stereocenters. The molecular weight excluding hydrogens is 2200 g/mol. The van der Waals surface area contributed by atoms with Crippen molar-refractivity contribution in [2.45, 2.75) is 13.8 Å². The third-order valence-electron chi connectivity index (χ3n) is 15.1. The molecule has 0 fully saturated rings. The number of carbonyl (C=O) groups excluding carboxylic acids is 1. The summed E-state index contributed by atoms with van der Waals surface area (Å²) in [7, 11) is 0. The predicted molar refractivity (Wildman–Crippen MR) is 411 cm³/mol. The van der Waals surface area contributed by atoms with Gasteiger partial charge in [-0.2, -0.15) is 0 Å². The minimum Gasteiger partial charge on any atom is -0.512 e. The number of hydrogen-bond acceptors (Lipinski definition) is 9. The Kier molecular flexibility index (Phi) is 36.5. The van der Waals surface area contributed by atoms with E-state index in [4.69, 9.17) is 5.11 Å². The maximum atomic E-state index is 10.0. The van der Waals surface area contributed by atoms with Gasteiger partial charge in [-0.3, -0.25) is 4.79 Å². The first kappa shape index (κ1) is 84.2. The minimum absolute atomic E-state index is 0. The number of hydrogen-bond donors (Lipinski definition) is 1. The van der Waals surface area contributed by atoms with Gasteiger partial charge in [-0.05, 0) is 121 Å². The molecule has 0 amide bonds. The number of aromatic nitrogens is 6. The molecule has 17 aromatic rings. The third kappa shape index (κ3) is 25.3. The van der Waals surface area contributed by atoms with Crippen molar-refractivity contribution in [3.05, 3.63) is 401 Å². The van der Waals surface area contributed by atoms with Gasteiger partial charge >= 0.3 is 0 Å². The van der Waals surface area contributed by atoms with E-state index in [1.165, 1.54) is 68.1 Å². The monoisotopic (exact) mass is 2270 g/mol. The van der Waals surface area contributed by atoms with Crippen LogP contribution in [0, 0.1) is 36.4 Å². The minimum atomic E-state index is -0.125. The van der Waals surface area contributed by atoms with E-state index in [0.717, 1.165) is 72.2 Å². The van der Waals surface area contributed by atoms with Crippen LogP contribution in [0.1, 0.15) is 13.8 Å². The van der Waals surface area contributed by atoms with Crippen LogP contribution in [0.4, 0.5) is 0 Å². The zero-order valence-electron chi connectivity index (χ0n) is 56.7. The van der Waals surface area contributed by atoms with Crippen molar-refractivity contribution >= 4 is 59.5 Å². The van der Waals surface area contributed by atoms with Gasteiger partial charge < -0.3 is 35.0 Å². The Balaban J connectivity index is 0.000000194. The SMILES string of the molecule is CC(=O)C=C(C)O.[Ir].[Ir].[Ir].[Ir].[Ir].[c-]1c(-c2ccccn2)sc2ccccc12.[c-]1cc(-c2ccccc2)ccc1-c1nccc2ccccc12.[c-]1ccccc1-c1ccccn1.[c-]1ccccc1-c1ccccn1.[c-]1ccccc1-c1nccc2ccccc12.[c-]1ccccc1-c1nccc2ccccc12. The summed E-state index contributed by atoms with van der Waals surface area (Å²) < 4.78 is 1.26. The van der Waals surface area contributed by atoms with Crippen molar-refractivity contribution in [1.29, 1.82) is 0 Å². The van der Waals surface area contributed by atoms with Crippen molar-refractivity contribution in [3.63, 3.8) is 0 Å². The standard InChI is InChI=1S/C21H14N.2C15H10N.C13H8NS.2C11H8N.C5H8O2.5Ir/c1-2-6-16(7-3-1)17-10-12-19(13-11-17)21-20-9-5-4-8-18(20)14-15-22-21;2*1-2-7-13(8-3-1)15-14-9-5-4-6-12(14)10-11-16-15;1-2-7-12-10(5-1)9-13(15-12)11-6-3-4-8-14-11;2*1-2-6-10(7-3-1)11-8-4-5-9-12-11;1-4(6)3-5(2)7;;;;;/h1-12,14-15H;2*1-7,9-11H;1-8H;2*1-6,8-9H;3,6H,1-2H3;;;;;/q6*-1;;;;;;. The molecule has 0 bridgehead atoms. The average molecular weight is 2270 g/mol. The fourth-order valence-electron chi connectivity index (χ4n) is 10.4. The molecule has 1 N–H and O–H groups in total. The number of aliphatic hydroxyl groups is 1. The van der Waals surface area contributed by atoms with Gasteiger partial charge in [0.1, 0.15) is 0 Å². The van der Waals surface area contributed by atoms with Crippen molar-refractivity contribution in [1.82, 2.24) is 29.9 Å². The molecule has 0 saturated heterocycles. The van der Waals surface area contributed by atoms with Gasteiger partial charge in [0.05, 0.1) is 5.76 Å². The fraction of sp³-hybridized carbons (Fsp3) is 0.0220. The van der Waals surface area contributed by atoms with Gasteiger partial charge in [-0.25, -0.2) is 11.3 Å². The Morgan fingerprint density at radius 2 is 0.705 bits per heavy atom. The molecule has 0 aliphatic rings. The molecule has 105 heavy (non-hydrogen) atoms. The van der Waals surface area contributed by atoms with Crippen LogP contribution < -0.4 is 0 Å². The van der Waals surface area contributed by atoms with Crippen molar-refractivity contribution in [2.75, 3.05) is 0 Å². The normalized spacial score (nSPS) is 9.94. The number of rotatable bonds is 8. The van der Waals surface area contributed by atoms with E-state index < -0.39 is 0 Å². The van der Waals surface area contributed by atoms with Crippen LogP contribution in [-0.2, 0) is 105 Å². The summed E-state index contributed by atoms with van der Waals surface area (Å²) in [6.45, 7) is 2.85. The Hall–Kier alpha value is -9.70. The van der Waals surface area contributed by atoms with Gasteiger partial charge in [-0.1, -0.05) is 163 Å². The van der Waals surface area contributed by atoms with Crippen LogP contribution in [0.5, 0.6) is 0 Å². The number of carbonyl (C=O) groups is 1. The number of benzene rings is 10. The van der Waals surface area contributed by atoms with Gasteiger partial charge in [0.15, 0.2) is 5.78 Å². The second-order valence-electron chi connectivity index (χ2n) is 22.2. The number of allylic oxidation sites excluding steroid dienone is 2. The number of ketones is 1. The maximum Gasteiger partial charge on any atom is 0.155 e. The number of nitrogens with zero attached hydrogens (tertiary/aromatic N) is 6. The molecule has 0 atom stereocenters. The molecule has 0 saturated carbocycles. The first-order valence-electron chi connectivity index (χ1n) is 32.3. The van der Waals surface area contributed by atoms with E-state index in [2.05, 4.69) is 157 Å². The fourth-order valence-corrected chi connectivity index (χ4v) is 11.4. The first-order valence-corrected chi connectivity index (χ1v) is 33.1. The maximum absolute atomic E-state index is 10.0. The van der Waals surface area contributed by atoms with Crippen LogP contribution in [0.2, 0.25) is 0 Å². The topological polar surface area (TPSA) is 115 Å². The zero-order valence-corrected chi connectivity index (χ0v) is 69.5. The Labute approximate surface area is 685 Å². The van der Waals surface area contributed by atoms with E-state index in [9.17, 15) is 4.79 Å². The summed E-state index contributed by atoms with van der Waals surface area (Å²) in [4.78, 5) is 37.3. The largest absolute Gasteiger partial charge is 0.512 e. The Morgan fingerprint density at radius 1 is 0.333 bits per heavy atom. The third-order valence-corrected chi connectivity index (χ3v) is 16.2. The van der Waals surface area contributed by atoms with Gasteiger partial charge in [-0.15, -0.1) is 197 Å². The number of pyridine rings is 6. The predicted octanol–water partition coefficient (Wildman–Crippen LogP) is 22.7. The van der Waals surface area contributed by atoms with Crippen LogP contribution >= 0.6 is 11.3 Å². The molecule has 10 aromatic carbocycles. The van der Waals surface area contributed by atoms with E-state index in [1.54, 1.807) is 23.7 Å². The molecule has 0 spiro atoms. The number of fused-ring (bicyclic) bond motifs is 4. The van der Waals surface area contributed by atoms with Crippen LogP contribution in [-0.4, -0.2) is 40.8 Å². The summed E-state index contributed by atoms with van der Waals surface area (Å²) in [5.41, 5.74) is 13.5. The molecule has 5 radical (unpaired) electrons. The van der Waals surface area contributed by atoms with Gasteiger partial charge in [0, 0.05) is 149 Å². The number of thiophene rings is 1. The second kappa shape index (κ2) is 45.5. The zero-order chi connectivity index (χ0) is 68.8. The van der Waals surface area contributed by atoms with Crippen molar-refractivity contribution in [3.8, 4) is 78.0 Å². The number of aliphatic hydroxyl groups excluding tert-OH is 1. The molecule has 17 rings (SSSR count). The molecule has 0 aliphatic heterocycles. The van der Waals surface area contributed by atoms with E-state index in [1.807, 2.05) is 249 Å². The molecule has 0 aliphatic carbocycles. The van der Waals surface area contributed by atoms with Crippen molar-refractivity contribution in [2.24, 2.45) is 0 Å². The second-order valence-corrected chi connectivity index (χ2v) is 23.2. The summed E-state index contributed by atoms with van der Waals surface area (Å²) in [6.07, 6.45) is 12.1. The first-order chi connectivity index (χ1) is 49.3. The van der Waals surface area contributed by atoms with Crippen LogP contribution in [0.3, 0.4) is 0 Å². The Morgan fingerprint density at radius 3 is 1.07 bits per heavy atom.